The normalized spacial score (nSPS) is 12.8. The van der Waals surface area contributed by atoms with E-state index in [0.29, 0.717) is 0 Å². The molecule has 1 unspecified atom stereocenters. The first-order valence-electron chi connectivity index (χ1n) is 4.77. The number of aliphatic hydroxyl groups is 1. The van der Waals surface area contributed by atoms with Crippen molar-refractivity contribution in [3.05, 3.63) is 54.6 Å². The number of benzene rings is 1. The molecule has 4 heteroatoms. The van der Waals surface area contributed by atoms with Gasteiger partial charge in [-0.1, -0.05) is 29.8 Å². The van der Waals surface area contributed by atoms with Crippen LogP contribution in [0.5, 0.6) is 0 Å². The van der Waals surface area contributed by atoms with Crippen molar-refractivity contribution in [2.24, 2.45) is 0 Å². The molecule has 84 valence electrons. The lowest BCUT2D eigenvalue weighted by Crippen LogP contribution is -1.98. The molecule has 1 N–H and O–H groups in total. The maximum atomic E-state index is 10.2. The van der Waals surface area contributed by atoms with Crippen molar-refractivity contribution in [1.82, 2.24) is 0 Å². The predicted octanol–water partition coefficient (Wildman–Crippen LogP) is 4.66. The van der Waals surface area contributed by atoms with Crippen molar-refractivity contribution >= 4 is 43.2 Å². The highest BCUT2D eigenvalue weighted by Gasteiger charge is 2.16. The van der Waals surface area contributed by atoms with Gasteiger partial charge in [-0.25, -0.2) is 0 Å². The number of halogens is 2. The van der Waals surface area contributed by atoms with Crippen LogP contribution in [0.4, 0.5) is 0 Å². The minimum Gasteiger partial charge on any atom is -0.384 e. The van der Waals surface area contributed by atoms with Crippen molar-refractivity contribution in [2.75, 3.05) is 0 Å². The average molecular weight is 362 g/mol. The van der Waals surface area contributed by atoms with Crippen molar-refractivity contribution in [3.63, 3.8) is 0 Å². The standard InChI is InChI=1S/C12H10Br2OS/c1-7-2-4-8(5-3-7)11(15)9-6-10(13)16-12(9)14/h2-6,11,15H,1H3. The van der Waals surface area contributed by atoms with Crippen LogP contribution in [-0.4, -0.2) is 5.11 Å². The Bertz CT molecular complexity index is 490. The van der Waals surface area contributed by atoms with Gasteiger partial charge in [0, 0.05) is 5.56 Å². The molecular weight excluding hydrogens is 352 g/mol. The Hall–Kier alpha value is -0.160. The second-order valence-electron chi connectivity index (χ2n) is 3.59. The fourth-order valence-electron chi connectivity index (χ4n) is 1.47. The van der Waals surface area contributed by atoms with Gasteiger partial charge in [-0.05, 0) is 50.4 Å². The highest BCUT2D eigenvalue weighted by atomic mass is 79.9. The lowest BCUT2D eigenvalue weighted by Gasteiger charge is -2.10. The first kappa shape index (κ1) is 12.3. The summed E-state index contributed by atoms with van der Waals surface area (Å²) in [6.07, 6.45) is -0.572. The van der Waals surface area contributed by atoms with E-state index >= 15 is 0 Å². The van der Waals surface area contributed by atoms with Crippen LogP contribution in [-0.2, 0) is 0 Å². The van der Waals surface area contributed by atoms with Gasteiger partial charge in [0.1, 0.15) is 6.10 Å². The zero-order valence-electron chi connectivity index (χ0n) is 8.58. The molecule has 1 aromatic heterocycles. The van der Waals surface area contributed by atoms with Crippen LogP contribution in [0.25, 0.3) is 0 Å². The van der Waals surface area contributed by atoms with Crippen LogP contribution in [0.1, 0.15) is 22.8 Å². The third kappa shape index (κ3) is 2.56. The number of thiophene rings is 1. The highest BCUT2D eigenvalue weighted by Crippen LogP contribution is 2.37. The van der Waals surface area contributed by atoms with Gasteiger partial charge >= 0.3 is 0 Å². The summed E-state index contributed by atoms with van der Waals surface area (Å²) in [5.74, 6) is 0. The van der Waals surface area contributed by atoms with Crippen LogP contribution in [0.2, 0.25) is 0 Å². The molecule has 1 nitrogen and oxygen atoms in total. The average Bonchev–Trinajstić information content (AvgIpc) is 2.58. The van der Waals surface area contributed by atoms with E-state index in [0.717, 1.165) is 18.7 Å². The van der Waals surface area contributed by atoms with E-state index in [9.17, 15) is 5.11 Å². The zero-order chi connectivity index (χ0) is 11.7. The van der Waals surface area contributed by atoms with Crippen molar-refractivity contribution < 1.29 is 5.11 Å². The van der Waals surface area contributed by atoms with Crippen LogP contribution in [0.3, 0.4) is 0 Å². The predicted molar refractivity (Wildman–Crippen MR) is 75.0 cm³/mol. The Kier molecular flexibility index (Phi) is 3.85. The van der Waals surface area contributed by atoms with Gasteiger partial charge < -0.3 is 5.11 Å². The smallest absolute Gasteiger partial charge is 0.106 e. The van der Waals surface area contributed by atoms with E-state index in [-0.39, 0.29) is 0 Å². The third-order valence-electron chi connectivity index (χ3n) is 2.37. The number of aliphatic hydroxyl groups excluding tert-OH is 1. The fourth-order valence-corrected chi connectivity index (χ4v) is 4.35. The monoisotopic (exact) mass is 360 g/mol. The Morgan fingerprint density at radius 1 is 1.19 bits per heavy atom. The molecule has 16 heavy (non-hydrogen) atoms. The van der Waals surface area contributed by atoms with Gasteiger partial charge in [-0.15, -0.1) is 11.3 Å². The molecule has 0 amide bonds. The van der Waals surface area contributed by atoms with E-state index < -0.39 is 6.10 Å². The molecule has 0 spiro atoms. The first-order valence-corrected chi connectivity index (χ1v) is 7.17. The Labute approximate surface area is 115 Å². The summed E-state index contributed by atoms with van der Waals surface area (Å²) in [4.78, 5) is 0. The van der Waals surface area contributed by atoms with Crippen LogP contribution in [0.15, 0.2) is 37.9 Å². The first-order chi connectivity index (χ1) is 7.58. The topological polar surface area (TPSA) is 20.2 Å². The molecule has 0 radical (unpaired) electrons. The summed E-state index contributed by atoms with van der Waals surface area (Å²) in [5.41, 5.74) is 3.01. The largest absolute Gasteiger partial charge is 0.384 e. The zero-order valence-corrected chi connectivity index (χ0v) is 12.6. The number of hydrogen-bond acceptors (Lipinski definition) is 2. The van der Waals surface area contributed by atoms with Gasteiger partial charge in [0.25, 0.3) is 0 Å². The quantitative estimate of drug-likeness (QED) is 0.824. The molecule has 0 aliphatic heterocycles. The second-order valence-corrected chi connectivity index (χ2v) is 7.34. The summed E-state index contributed by atoms with van der Waals surface area (Å²) in [6, 6.07) is 9.87. The number of aryl methyl sites for hydroxylation is 1. The van der Waals surface area contributed by atoms with E-state index in [4.69, 9.17) is 0 Å². The molecule has 0 aliphatic rings. The van der Waals surface area contributed by atoms with Crippen molar-refractivity contribution in [3.8, 4) is 0 Å². The summed E-state index contributed by atoms with van der Waals surface area (Å²) in [6.45, 7) is 2.03. The molecule has 0 aliphatic carbocycles. The molecule has 1 heterocycles. The van der Waals surface area contributed by atoms with E-state index in [1.54, 1.807) is 11.3 Å². The van der Waals surface area contributed by atoms with Crippen LogP contribution < -0.4 is 0 Å². The maximum Gasteiger partial charge on any atom is 0.106 e. The van der Waals surface area contributed by atoms with E-state index in [1.807, 2.05) is 37.3 Å². The summed E-state index contributed by atoms with van der Waals surface area (Å²) < 4.78 is 1.98. The molecule has 1 aromatic carbocycles. The van der Waals surface area contributed by atoms with Crippen LogP contribution >= 0.6 is 43.2 Å². The lowest BCUT2D eigenvalue weighted by molar-refractivity contribution is 0.220. The van der Waals surface area contributed by atoms with Gasteiger partial charge in [0.15, 0.2) is 0 Å². The fraction of sp³-hybridized carbons (Fsp3) is 0.167. The molecule has 0 saturated carbocycles. The Morgan fingerprint density at radius 2 is 1.81 bits per heavy atom. The van der Waals surface area contributed by atoms with Gasteiger partial charge in [0.2, 0.25) is 0 Å². The minimum absolute atomic E-state index is 0.572. The number of hydrogen-bond donors (Lipinski definition) is 1. The lowest BCUT2D eigenvalue weighted by atomic mass is 10.0. The highest BCUT2D eigenvalue weighted by molar-refractivity contribution is 9.12. The molecule has 0 saturated heterocycles. The molecular formula is C12H10Br2OS. The maximum absolute atomic E-state index is 10.2. The molecule has 2 rings (SSSR count). The van der Waals surface area contributed by atoms with Gasteiger partial charge in [0.05, 0.1) is 7.57 Å². The molecule has 2 aromatic rings. The minimum atomic E-state index is -0.572. The summed E-state index contributed by atoms with van der Waals surface area (Å²) >= 11 is 8.44. The van der Waals surface area contributed by atoms with E-state index in [1.165, 1.54) is 5.56 Å². The summed E-state index contributed by atoms with van der Waals surface area (Å²) in [7, 11) is 0. The Balaban J connectivity index is 2.35. The Morgan fingerprint density at radius 3 is 2.31 bits per heavy atom. The van der Waals surface area contributed by atoms with Crippen LogP contribution in [0, 0.1) is 6.92 Å². The molecule has 0 bridgehead atoms. The third-order valence-corrected chi connectivity index (χ3v) is 4.76. The SMILES string of the molecule is Cc1ccc(C(O)c2cc(Br)sc2Br)cc1. The number of rotatable bonds is 2. The van der Waals surface area contributed by atoms with Crippen molar-refractivity contribution in [1.29, 1.82) is 0 Å². The molecule has 0 fully saturated rings. The van der Waals surface area contributed by atoms with Crippen molar-refractivity contribution in [2.45, 2.75) is 13.0 Å². The van der Waals surface area contributed by atoms with Gasteiger partial charge in [-0.3, -0.25) is 0 Å². The van der Waals surface area contributed by atoms with Gasteiger partial charge in [-0.2, -0.15) is 0 Å². The summed E-state index contributed by atoms with van der Waals surface area (Å²) in [5, 5.41) is 10.2. The molecule has 1 atom stereocenters. The van der Waals surface area contributed by atoms with E-state index in [2.05, 4.69) is 31.9 Å². The second kappa shape index (κ2) is 5.00.